The molecule has 1 aliphatic rings. The van der Waals surface area contributed by atoms with Crippen LogP contribution in [0.5, 0.6) is 0 Å². The number of nitrogens with one attached hydrogen (secondary N) is 1. The minimum atomic E-state index is -3.89. The molecule has 0 aromatic heterocycles. The fourth-order valence-electron chi connectivity index (χ4n) is 3.17. The molecule has 10 heteroatoms. The standard InChI is InChI=1S/C18H12ClN3O5S/c19-13-8-7-12(22(24)25)9-14(13)20-17(23)10-21-15-5-1-3-11-4-2-6-16(18(11)15)28(21,26)27/h1-9H,10H2,(H,20,23). The molecule has 1 amide bonds. The van der Waals surface area contributed by atoms with E-state index in [9.17, 15) is 23.3 Å². The highest BCUT2D eigenvalue weighted by atomic mass is 35.5. The van der Waals surface area contributed by atoms with E-state index < -0.39 is 27.4 Å². The summed E-state index contributed by atoms with van der Waals surface area (Å²) in [5, 5.41) is 14.8. The molecule has 0 radical (unpaired) electrons. The van der Waals surface area contributed by atoms with Crippen molar-refractivity contribution < 1.29 is 18.1 Å². The van der Waals surface area contributed by atoms with Crippen LogP contribution < -0.4 is 9.62 Å². The zero-order valence-electron chi connectivity index (χ0n) is 14.1. The Morgan fingerprint density at radius 2 is 1.86 bits per heavy atom. The van der Waals surface area contributed by atoms with E-state index in [0.29, 0.717) is 11.1 Å². The zero-order valence-corrected chi connectivity index (χ0v) is 15.7. The van der Waals surface area contributed by atoms with Crippen LogP contribution >= 0.6 is 11.6 Å². The average Bonchev–Trinajstić information content (AvgIpc) is 2.87. The van der Waals surface area contributed by atoms with Gasteiger partial charge in [-0.1, -0.05) is 35.9 Å². The van der Waals surface area contributed by atoms with Gasteiger partial charge in [-0.15, -0.1) is 0 Å². The van der Waals surface area contributed by atoms with Crippen LogP contribution in [0, 0.1) is 10.1 Å². The van der Waals surface area contributed by atoms with Crippen molar-refractivity contribution in [2.75, 3.05) is 16.2 Å². The molecule has 0 bridgehead atoms. The molecule has 3 aromatic rings. The number of hydrogen-bond donors (Lipinski definition) is 1. The van der Waals surface area contributed by atoms with Crippen LogP contribution in [0.25, 0.3) is 10.8 Å². The first kappa shape index (κ1) is 18.2. The summed E-state index contributed by atoms with van der Waals surface area (Å²) in [6.07, 6.45) is 0. The molecule has 0 saturated heterocycles. The number of carbonyl (C=O) groups excluding carboxylic acids is 1. The Balaban J connectivity index is 1.66. The van der Waals surface area contributed by atoms with Gasteiger partial charge < -0.3 is 5.32 Å². The van der Waals surface area contributed by atoms with Crippen LogP contribution in [0.4, 0.5) is 17.1 Å². The van der Waals surface area contributed by atoms with Gasteiger partial charge in [-0.2, -0.15) is 0 Å². The van der Waals surface area contributed by atoms with Crippen LogP contribution in [0.15, 0.2) is 59.5 Å². The summed E-state index contributed by atoms with van der Waals surface area (Å²) < 4.78 is 26.8. The van der Waals surface area contributed by atoms with E-state index in [2.05, 4.69) is 5.32 Å². The SMILES string of the molecule is O=C(CN1c2cccc3cccc(c23)S1(=O)=O)Nc1cc([N+](=O)[O-])ccc1Cl. The smallest absolute Gasteiger partial charge is 0.271 e. The molecule has 0 unspecified atom stereocenters. The number of sulfonamides is 1. The van der Waals surface area contributed by atoms with Crippen molar-refractivity contribution >= 4 is 55.4 Å². The number of non-ortho nitro benzene ring substituents is 1. The second-order valence-electron chi connectivity index (χ2n) is 6.11. The van der Waals surface area contributed by atoms with Crippen LogP contribution in [-0.4, -0.2) is 25.8 Å². The lowest BCUT2D eigenvalue weighted by Crippen LogP contribution is -2.35. The fraction of sp³-hybridized carbons (Fsp3) is 0.0556. The third kappa shape index (κ3) is 2.85. The van der Waals surface area contributed by atoms with E-state index in [1.807, 2.05) is 0 Å². The highest BCUT2D eigenvalue weighted by Gasteiger charge is 2.36. The van der Waals surface area contributed by atoms with Gasteiger partial charge in [0.15, 0.2) is 0 Å². The highest BCUT2D eigenvalue weighted by Crippen LogP contribution is 2.41. The molecule has 0 aliphatic carbocycles. The Labute approximate surface area is 164 Å². The van der Waals surface area contributed by atoms with Gasteiger partial charge >= 0.3 is 0 Å². The first-order chi connectivity index (χ1) is 13.3. The number of rotatable bonds is 4. The summed E-state index contributed by atoms with van der Waals surface area (Å²) in [7, 11) is -3.89. The van der Waals surface area contributed by atoms with Gasteiger partial charge in [-0.05, 0) is 23.6 Å². The molecule has 8 nitrogen and oxygen atoms in total. The van der Waals surface area contributed by atoms with Gasteiger partial charge in [0.05, 0.1) is 26.2 Å². The maximum atomic E-state index is 12.9. The molecule has 142 valence electrons. The van der Waals surface area contributed by atoms with Crippen LogP contribution in [0.2, 0.25) is 5.02 Å². The van der Waals surface area contributed by atoms with E-state index in [1.165, 1.54) is 18.2 Å². The van der Waals surface area contributed by atoms with Gasteiger partial charge in [0, 0.05) is 17.5 Å². The third-order valence-electron chi connectivity index (χ3n) is 4.40. The van der Waals surface area contributed by atoms with Crippen molar-refractivity contribution in [3.8, 4) is 0 Å². The zero-order chi connectivity index (χ0) is 20.1. The number of anilines is 2. The van der Waals surface area contributed by atoms with E-state index >= 15 is 0 Å². The highest BCUT2D eigenvalue weighted by molar-refractivity contribution is 7.93. The van der Waals surface area contributed by atoms with Crippen molar-refractivity contribution in [1.82, 2.24) is 0 Å². The van der Waals surface area contributed by atoms with Crippen molar-refractivity contribution in [3.05, 3.63) is 69.7 Å². The van der Waals surface area contributed by atoms with Crippen LogP contribution in [0.3, 0.4) is 0 Å². The molecule has 0 atom stereocenters. The number of benzene rings is 3. The predicted octanol–water partition coefficient (Wildman–Crippen LogP) is 3.55. The number of nitrogens with zero attached hydrogens (tertiary/aromatic N) is 2. The topological polar surface area (TPSA) is 110 Å². The predicted molar refractivity (Wildman–Crippen MR) is 105 cm³/mol. The second-order valence-corrected chi connectivity index (χ2v) is 8.35. The van der Waals surface area contributed by atoms with Gasteiger partial charge in [0.1, 0.15) is 6.54 Å². The Hall–Kier alpha value is -3.17. The van der Waals surface area contributed by atoms with Gasteiger partial charge in [0.2, 0.25) is 5.91 Å². The van der Waals surface area contributed by atoms with E-state index in [0.717, 1.165) is 15.8 Å². The summed E-state index contributed by atoms with van der Waals surface area (Å²) in [4.78, 5) is 22.9. The lowest BCUT2D eigenvalue weighted by atomic mass is 10.1. The number of amides is 1. The number of carbonyl (C=O) groups is 1. The Morgan fingerprint density at radius 3 is 2.57 bits per heavy atom. The average molecular weight is 418 g/mol. The lowest BCUT2D eigenvalue weighted by molar-refractivity contribution is -0.384. The monoisotopic (exact) mass is 417 g/mol. The minimum absolute atomic E-state index is 0.0354. The maximum absolute atomic E-state index is 12.9. The number of hydrogen-bond acceptors (Lipinski definition) is 5. The first-order valence-corrected chi connectivity index (χ1v) is 9.89. The van der Waals surface area contributed by atoms with Crippen molar-refractivity contribution in [2.45, 2.75) is 4.90 Å². The van der Waals surface area contributed by atoms with Crippen LogP contribution in [0.1, 0.15) is 0 Å². The molecule has 0 spiro atoms. The Bertz CT molecular complexity index is 1250. The fourth-order valence-corrected chi connectivity index (χ4v) is 5.00. The first-order valence-electron chi connectivity index (χ1n) is 8.07. The maximum Gasteiger partial charge on any atom is 0.271 e. The minimum Gasteiger partial charge on any atom is -0.323 e. The molecule has 28 heavy (non-hydrogen) atoms. The number of nitro benzene ring substituents is 1. The van der Waals surface area contributed by atoms with Gasteiger partial charge in [-0.25, -0.2) is 8.42 Å². The number of nitro groups is 1. The largest absolute Gasteiger partial charge is 0.323 e. The van der Waals surface area contributed by atoms with Crippen LogP contribution in [-0.2, 0) is 14.8 Å². The molecule has 1 heterocycles. The quantitative estimate of drug-likeness (QED) is 0.515. The Morgan fingerprint density at radius 1 is 1.14 bits per heavy atom. The van der Waals surface area contributed by atoms with Gasteiger partial charge in [0.25, 0.3) is 15.7 Å². The van der Waals surface area contributed by atoms with Crippen molar-refractivity contribution in [3.63, 3.8) is 0 Å². The molecule has 3 aromatic carbocycles. The molecular formula is C18H12ClN3O5S. The summed E-state index contributed by atoms with van der Waals surface area (Å²) >= 11 is 5.99. The molecule has 1 aliphatic heterocycles. The lowest BCUT2D eigenvalue weighted by Gasteiger charge is -2.18. The van der Waals surface area contributed by atoms with Crippen molar-refractivity contribution in [2.24, 2.45) is 0 Å². The summed E-state index contributed by atoms with van der Waals surface area (Å²) in [5.74, 6) is -0.671. The Kier molecular flexibility index (Phi) is 4.20. The van der Waals surface area contributed by atoms with Gasteiger partial charge in [-0.3, -0.25) is 19.2 Å². The molecule has 0 saturated carbocycles. The summed E-state index contributed by atoms with van der Waals surface area (Å²) in [5.41, 5.74) is 0.201. The molecule has 1 N–H and O–H groups in total. The van der Waals surface area contributed by atoms with E-state index in [4.69, 9.17) is 11.6 Å². The van der Waals surface area contributed by atoms with Crippen molar-refractivity contribution in [1.29, 1.82) is 0 Å². The summed E-state index contributed by atoms with van der Waals surface area (Å²) in [6.45, 7) is -0.491. The van der Waals surface area contributed by atoms with E-state index in [1.54, 1.807) is 30.3 Å². The summed E-state index contributed by atoms with van der Waals surface area (Å²) in [6, 6.07) is 13.7. The third-order valence-corrected chi connectivity index (χ3v) is 6.53. The number of halogens is 1. The molecule has 0 fully saturated rings. The normalized spacial score (nSPS) is 14.2. The van der Waals surface area contributed by atoms with E-state index in [-0.39, 0.29) is 21.3 Å². The molecule has 4 rings (SSSR count). The molecular weight excluding hydrogens is 406 g/mol. The second kappa shape index (κ2) is 6.47.